The Morgan fingerprint density at radius 3 is 3.00 bits per heavy atom. The van der Waals surface area contributed by atoms with Gasteiger partial charge in [0.2, 0.25) is 5.95 Å². The second kappa shape index (κ2) is 6.57. The smallest absolute Gasteiger partial charge is 0.231 e. The third kappa shape index (κ3) is 3.15. The van der Waals surface area contributed by atoms with Crippen molar-refractivity contribution in [3.05, 3.63) is 42.1 Å². The molecule has 0 saturated carbocycles. The zero-order valence-electron chi connectivity index (χ0n) is 12.5. The van der Waals surface area contributed by atoms with Gasteiger partial charge in [-0.2, -0.15) is 4.98 Å². The van der Waals surface area contributed by atoms with Crippen LogP contribution in [-0.2, 0) is 6.42 Å². The molecule has 4 heteroatoms. The van der Waals surface area contributed by atoms with Crippen LogP contribution in [0.5, 0.6) is 0 Å². The van der Waals surface area contributed by atoms with Gasteiger partial charge in [-0.1, -0.05) is 38.0 Å². The van der Waals surface area contributed by atoms with Crippen molar-refractivity contribution in [3.8, 4) is 0 Å². The van der Waals surface area contributed by atoms with E-state index in [-0.39, 0.29) is 0 Å². The second-order valence-corrected chi connectivity index (χ2v) is 5.41. The minimum atomic E-state index is 0.792. The Bertz CT molecular complexity index is 597. The molecule has 1 aromatic carbocycles. The van der Waals surface area contributed by atoms with Crippen molar-refractivity contribution in [1.82, 2.24) is 9.97 Å². The van der Waals surface area contributed by atoms with Crippen molar-refractivity contribution < 1.29 is 0 Å². The monoisotopic (exact) mass is 282 g/mol. The fourth-order valence-electron chi connectivity index (χ4n) is 2.71. The SMILES string of the molecule is CCCCCNc1ccnc(N2CCc3ccccc32)n1. The zero-order valence-corrected chi connectivity index (χ0v) is 12.5. The maximum absolute atomic E-state index is 4.65. The third-order valence-electron chi connectivity index (χ3n) is 3.86. The lowest BCUT2D eigenvalue weighted by atomic mass is 10.2. The highest BCUT2D eigenvalue weighted by molar-refractivity contribution is 5.66. The van der Waals surface area contributed by atoms with Gasteiger partial charge in [0, 0.05) is 25.0 Å². The lowest BCUT2D eigenvalue weighted by molar-refractivity contribution is 0.742. The minimum absolute atomic E-state index is 0.792. The van der Waals surface area contributed by atoms with Gasteiger partial charge in [-0.15, -0.1) is 0 Å². The van der Waals surface area contributed by atoms with E-state index in [2.05, 4.69) is 51.4 Å². The zero-order chi connectivity index (χ0) is 14.5. The van der Waals surface area contributed by atoms with Crippen LogP contribution in [-0.4, -0.2) is 23.1 Å². The highest BCUT2D eigenvalue weighted by atomic mass is 15.3. The molecule has 0 fully saturated rings. The first-order valence-corrected chi connectivity index (χ1v) is 7.81. The maximum Gasteiger partial charge on any atom is 0.231 e. The molecule has 0 bridgehead atoms. The van der Waals surface area contributed by atoms with Crippen LogP contribution in [0.4, 0.5) is 17.5 Å². The first-order valence-electron chi connectivity index (χ1n) is 7.81. The van der Waals surface area contributed by atoms with Crippen LogP contribution < -0.4 is 10.2 Å². The third-order valence-corrected chi connectivity index (χ3v) is 3.86. The average Bonchev–Trinajstić information content (AvgIpc) is 2.96. The van der Waals surface area contributed by atoms with Crippen molar-refractivity contribution in [2.75, 3.05) is 23.3 Å². The highest BCUT2D eigenvalue weighted by Crippen LogP contribution is 2.32. The van der Waals surface area contributed by atoms with Crippen molar-refractivity contribution in [2.45, 2.75) is 32.6 Å². The first kappa shape index (κ1) is 13.9. The van der Waals surface area contributed by atoms with Crippen molar-refractivity contribution in [2.24, 2.45) is 0 Å². The van der Waals surface area contributed by atoms with Crippen molar-refractivity contribution >= 4 is 17.5 Å². The predicted molar refractivity (Wildman–Crippen MR) is 87.2 cm³/mol. The minimum Gasteiger partial charge on any atom is -0.370 e. The van der Waals surface area contributed by atoms with Crippen LogP contribution in [0.1, 0.15) is 31.7 Å². The van der Waals surface area contributed by atoms with Crippen molar-refractivity contribution in [1.29, 1.82) is 0 Å². The molecule has 0 amide bonds. The standard InChI is InChI=1S/C17H22N4/c1-2-3-6-11-18-16-9-12-19-17(20-16)21-13-10-14-7-4-5-8-15(14)21/h4-5,7-9,12H,2-3,6,10-11,13H2,1H3,(H,18,19,20). The molecule has 0 aliphatic carbocycles. The number of anilines is 3. The first-order chi connectivity index (χ1) is 10.4. The van der Waals surface area contributed by atoms with Gasteiger partial charge in [-0.05, 0) is 30.5 Å². The van der Waals surface area contributed by atoms with Crippen LogP contribution in [0.25, 0.3) is 0 Å². The van der Waals surface area contributed by atoms with Crippen LogP contribution in [0.3, 0.4) is 0 Å². The Morgan fingerprint density at radius 2 is 2.10 bits per heavy atom. The number of rotatable bonds is 6. The molecule has 2 aromatic rings. The largest absolute Gasteiger partial charge is 0.370 e. The number of benzene rings is 1. The quantitative estimate of drug-likeness (QED) is 0.819. The maximum atomic E-state index is 4.65. The highest BCUT2D eigenvalue weighted by Gasteiger charge is 2.21. The lowest BCUT2D eigenvalue weighted by Gasteiger charge is -2.17. The Labute approximate surface area is 126 Å². The summed E-state index contributed by atoms with van der Waals surface area (Å²) >= 11 is 0. The molecule has 0 atom stereocenters. The van der Waals surface area contributed by atoms with Gasteiger partial charge in [-0.3, -0.25) is 0 Å². The van der Waals surface area contributed by atoms with E-state index in [0.29, 0.717) is 0 Å². The van der Waals surface area contributed by atoms with E-state index in [1.54, 1.807) is 0 Å². The molecule has 3 rings (SSSR count). The molecule has 1 aliphatic heterocycles. The molecule has 0 saturated heterocycles. The number of fused-ring (bicyclic) bond motifs is 1. The number of unbranched alkanes of at least 4 members (excludes halogenated alkanes) is 2. The van der Waals surface area contributed by atoms with Crippen LogP contribution >= 0.6 is 0 Å². The molecule has 110 valence electrons. The summed E-state index contributed by atoms with van der Waals surface area (Å²) in [6.07, 6.45) is 6.58. The molecule has 2 heterocycles. The van der Waals surface area contributed by atoms with E-state index in [1.165, 1.54) is 30.5 Å². The molecule has 21 heavy (non-hydrogen) atoms. The Balaban J connectivity index is 1.72. The fraction of sp³-hybridized carbons (Fsp3) is 0.412. The van der Waals surface area contributed by atoms with Crippen LogP contribution in [0.2, 0.25) is 0 Å². The predicted octanol–water partition coefficient (Wildman–Crippen LogP) is 3.77. The van der Waals surface area contributed by atoms with Gasteiger partial charge in [-0.25, -0.2) is 4.98 Å². The van der Waals surface area contributed by atoms with E-state index in [1.807, 2.05) is 12.3 Å². The van der Waals surface area contributed by atoms with Gasteiger partial charge < -0.3 is 10.2 Å². The van der Waals surface area contributed by atoms with E-state index in [0.717, 1.165) is 31.3 Å². The van der Waals surface area contributed by atoms with Gasteiger partial charge in [0.1, 0.15) is 5.82 Å². The summed E-state index contributed by atoms with van der Waals surface area (Å²) in [4.78, 5) is 11.3. The van der Waals surface area contributed by atoms with E-state index in [9.17, 15) is 0 Å². The molecule has 0 radical (unpaired) electrons. The Kier molecular flexibility index (Phi) is 4.34. The number of para-hydroxylation sites is 1. The van der Waals surface area contributed by atoms with Gasteiger partial charge in [0.05, 0.1) is 0 Å². The summed E-state index contributed by atoms with van der Waals surface area (Å²) in [5, 5.41) is 3.39. The number of nitrogens with one attached hydrogen (secondary N) is 1. The summed E-state index contributed by atoms with van der Waals surface area (Å²) in [5.74, 6) is 1.71. The number of nitrogens with zero attached hydrogens (tertiary/aromatic N) is 3. The summed E-state index contributed by atoms with van der Waals surface area (Å²) in [6.45, 7) is 4.15. The van der Waals surface area contributed by atoms with E-state index >= 15 is 0 Å². The Hall–Kier alpha value is -2.10. The number of hydrogen-bond acceptors (Lipinski definition) is 4. The molecule has 0 spiro atoms. The number of hydrogen-bond donors (Lipinski definition) is 1. The van der Waals surface area contributed by atoms with Crippen LogP contribution in [0.15, 0.2) is 36.5 Å². The molecule has 1 aromatic heterocycles. The van der Waals surface area contributed by atoms with Gasteiger partial charge in [0.15, 0.2) is 0 Å². The fourth-order valence-corrected chi connectivity index (χ4v) is 2.71. The summed E-state index contributed by atoms with van der Waals surface area (Å²) in [7, 11) is 0. The average molecular weight is 282 g/mol. The summed E-state index contributed by atoms with van der Waals surface area (Å²) in [6, 6.07) is 10.4. The summed E-state index contributed by atoms with van der Waals surface area (Å²) < 4.78 is 0. The topological polar surface area (TPSA) is 41.1 Å². The molecule has 1 aliphatic rings. The van der Waals surface area contributed by atoms with E-state index in [4.69, 9.17) is 0 Å². The molecular weight excluding hydrogens is 260 g/mol. The Morgan fingerprint density at radius 1 is 1.19 bits per heavy atom. The second-order valence-electron chi connectivity index (χ2n) is 5.41. The molecule has 1 N–H and O–H groups in total. The lowest BCUT2D eigenvalue weighted by Crippen LogP contribution is -2.17. The molecular formula is C17H22N4. The summed E-state index contributed by atoms with van der Waals surface area (Å²) in [5.41, 5.74) is 2.61. The van der Waals surface area contributed by atoms with Gasteiger partial charge >= 0.3 is 0 Å². The van der Waals surface area contributed by atoms with Gasteiger partial charge in [0.25, 0.3) is 0 Å². The number of aromatic nitrogens is 2. The molecule has 4 nitrogen and oxygen atoms in total. The normalized spacial score (nSPS) is 13.3. The molecule has 0 unspecified atom stereocenters. The van der Waals surface area contributed by atoms with Crippen molar-refractivity contribution in [3.63, 3.8) is 0 Å². The van der Waals surface area contributed by atoms with E-state index < -0.39 is 0 Å². The van der Waals surface area contributed by atoms with Crippen LogP contribution in [0, 0.1) is 0 Å².